The summed E-state index contributed by atoms with van der Waals surface area (Å²) in [4.78, 5) is 23.3. The molecule has 0 radical (unpaired) electrons. The van der Waals surface area contributed by atoms with Crippen molar-refractivity contribution in [3.63, 3.8) is 0 Å². The molecule has 1 aromatic rings. The average molecular weight is 313 g/mol. The lowest BCUT2D eigenvalue weighted by Gasteiger charge is -2.23. The fourth-order valence-corrected chi connectivity index (χ4v) is 2.46. The number of amides is 2. The van der Waals surface area contributed by atoms with Crippen LogP contribution in [0, 0.1) is 0 Å². The highest BCUT2D eigenvalue weighted by Gasteiger charge is 2.21. The van der Waals surface area contributed by atoms with E-state index in [0.29, 0.717) is 41.5 Å². The molecule has 2 N–H and O–H groups in total. The number of carbonyl (C=O) groups is 2. The number of halogens is 1. The minimum absolute atomic E-state index is 0.00894. The van der Waals surface area contributed by atoms with Crippen LogP contribution in [0.15, 0.2) is 12.1 Å². The van der Waals surface area contributed by atoms with Crippen LogP contribution in [0.2, 0.25) is 5.02 Å². The molecule has 1 aliphatic rings. The van der Waals surface area contributed by atoms with Gasteiger partial charge >= 0.3 is 0 Å². The van der Waals surface area contributed by atoms with E-state index in [1.165, 1.54) is 20.3 Å². The first-order valence-electron chi connectivity index (χ1n) is 6.54. The Morgan fingerprint density at radius 1 is 1.38 bits per heavy atom. The number of hydrogen-bond acceptors (Lipinski definition) is 4. The summed E-state index contributed by atoms with van der Waals surface area (Å²) in [5, 5.41) is 5.88. The molecule has 1 fully saturated rings. The number of methoxy groups -OCH3 is 2. The van der Waals surface area contributed by atoms with Gasteiger partial charge in [0.05, 0.1) is 19.2 Å². The zero-order valence-corrected chi connectivity index (χ0v) is 12.6. The third kappa shape index (κ3) is 3.58. The molecule has 2 amide bonds. The van der Waals surface area contributed by atoms with Crippen LogP contribution in [0.4, 0.5) is 0 Å². The van der Waals surface area contributed by atoms with Crippen LogP contribution in [-0.4, -0.2) is 38.6 Å². The summed E-state index contributed by atoms with van der Waals surface area (Å²) in [5.41, 5.74) is 0.384. The van der Waals surface area contributed by atoms with E-state index in [9.17, 15) is 9.59 Å². The Morgan fingerprint density at radius 3 is 2.71 bits per heavy atom. The number of nitrogens with one attached hydrogen (secondary N) is 2. The Labute approximate surface area is 127 Å². The second-order valence-electron chi connectivity index (χ2n) is 4.71. The average Bonchev–Trinajstić information content (AvgIpc) is 2.48. The molecule has 1 aromatic carbocycles. The molecule has 2 rings (SSSR count). The van der Waals surface area contributed by atoms with E-state index < -0.39 is 0 Å². The molecule has 1 unspecified atom stereocenters. The first-order valence-corrected chi connectivity index (χ1v) is 6.92. The van der Waals surface area contributed by atoms with Crippen LogP contribution >= 0.6 is 11.6 Å². The van der Waals surface area contributed by atoms with Crippen LogP contribution in [0.5, 0.6) is 11.5 Å². The second-order valence-corrected chi connectivity index (χ2v) is 5.11. The van der Waals surface area contributed by atoms with Crippen molar-refractivity contribution in [3.8, 4) is 11.5 Å². The first kappa shape index (κ1) is 15.4. The maximum Gasteiger partial charge on any atom is 0.251 e. The lowest BCUT2D eigenvalue weighted by molar-refractivity contribution is -0.122. The molecule has 0 aromatic heterocycles. The third-order valence-electron chi connectivity index (χ3n) is 3.30. The van der Waals surface area contributed by atoms with Gasteiger partial charge in [-0.25, -0.2) is 0 Å². The standard InChI is InChI=1S/C14H17ClN2O4/c1-20-11-6-8(5-10(15)13(11)21-2)14(19)17-9-3-4-12(18)16-7-9/h5-6,9H,3-4,7H2,1-2H3,(H,16,18)(H,17,19). The molecule has 1 saturated heterocycles. The fourth-order valence-electron chi connectivity index (χ4n) is 2.17. The Hall–Kier alpha value is -1.95. The largest absolute Gasteiger partial charge is 0.493 e. The van der Waals surface area contributed by atoms with E-state index in [4.69, 9.17) is 21.1 Å². The molecule has 0 spiro atoms. The van der Waals surface area contributed by atoms with Gasteiger partial charge in [-0.2, -0.15) is 0 Å². The molecule has 0 saturated carbocycles. The summed E-state index contributed by atoms with van der Waals surface area (Å²) in [6.07, 6.45) is 1.04. The normalized spacial score (nSPS) is 17.9. The van der Waals surface area contributed by atoms with Crippen molar-refractivity contribution in [1.82, 2.24) is 10.6 Å². The summed E-state index contributed by atoms with van der Waals surface area (Å²) in [6, 6.07) is 3.02. The molecule has 1 aliphatic heterocycles. The molecule has 1 atom stereocenters. The number of rotatable bonds is 4. The minimum atomic E-state index is -0.265. The Morgan fingerprint density at radius 2 is 2.14 bits per heavy atom. The van der Waals surface area contributed by atoms with E-state index in [0.717, 1.165) is 0 Å². The Kier molecular flexibility index (Phi) is 4.90. The molecule has 0 aliphatic carbocycles. The van der Waals surface area contributed by atoms with E-state index in [1.807, 2.05) is 0 Å². The summed E-state index contributed by atoms with van der Waals surface area (Å²) >= 11 is 6.08. The van der Waals surface area contributed by atoms with Crippen LogP contribution in [0.1, 0.15) is 23.2 Å². The van der Waals surface area contributed by atoms with Gasteiger partial charge in [-0.1, -0.05) is 11.6 Å². The van der Waals surface area contributed by atoms with Crippen molar-refractivity contribution in [1.29, 1.82) is 0 Å². The van der Waals surface area contributed by atoms with Gasteiger partial charge in [0.2, 0.25) is 5.91 Å². The van der Waals surface area contributed by atoms with Gasteiger partial charge in [0.15, 0.2) is 11.5 Å². The summed E-state index contributed by atoms with van der Waals surface area (Å²) in [6.45, 7) is 0.436. The highest BCUT2D eigenvalue weighted by molar-refractivity contribution is 6.32. The van der Waals surface area contributed by atoms with Gasteiger partial charge in [-0.05, 0) is 18.6 Å². The zero-order chi connectivity index (χ0) is 15.4. The lowest BCUT2D eigenvalue weighted by Crippen LogP contribution is -2.47. The second kappa shape index (κ2) is 6.67. The molecule has 1 heterocycles. The Balaban J connectivity index is 2.12. The monoisotopic (exact) mass is 312 g/mol. The smallest absolute Gasteiger partial charge is 0.251 e. The molecule has 114 valence electrons. The van der Waals surface area contributed by atoms with E-state index in [1.54, 1.807) is 6.07 Å². The zero-order valence-electron chi connectivity index (χ0n) is 11.9. The highest BCUT2D eigenvalue weighted by atomic mass is 35.5. The maximum atomic E-state index is 12.2. The van der Waals surface area contributed by atoms with Crippen LogP contribution in [-0.2, 0) is 4.79 Å². The van der Waals surface area contributed by atoms with Gasteiger partial charge in [-0.15, -0.1) is 0 Å². The molecule has 7 heteroatoms. The fraction of sp³-hybridized carbons (Fsp3) is 0.429. The summed E-state index contributed by atoms with van der Waals surface area (Å²) in [5.74, 6) is 0.529. The van der Waals surface area contributed by atoms with Gasteiger partial charge in [0, 0.05) is 24.6 Å². The first-order chi connectivity index (χ1) is 10.0. The predicted octanol–water partition coefficient (Wildman–Crippen LogP) is 1.37. The van der Waals surface area contributed by atoms with Crippen molar-refractivity contribution in [2.24, 2.45) is 0 Å². The van der Waals surface area contributed by atoms with Gasteiger partial charge in [0.1, 0.15) is 0 Å². The van der Waals surface area contributed by atoms with Crippen LogP contribution < -0.4 is 20.1 Å². The molecular weight excluding hydrogens is 296 g/mol. The predicted molar refractivity (Wildman–Crippen MR) is 78.1 cm³/mol. The van der Waals surface area contributed by atoms with E-state index in [2.05, 4.69) is 10.6 Å². The van der Waals surface area contributed by atoms with Gasteiger partial charge in [0.25, 0.3) is 5.91 Å². The molecule has 21 heavy (non-hydrogen) atoms. The topological polar surface area (TPSA) is 76.7 Å². The van der Waals surface area contributed by atoms with Crippen molar-refractivity contribution >= 4 is 23.4 Å². The van der Waals surface area contributed by atoms with Crippen LogP contribution in [0.25, 0.3) is 0 Å². The minimum Gasteiger partial charge on any atom is -0.493 e. The molecule has 0 bridgehead atoms. The number of piperidine rings is 1. The van der Waals surface area contributed by atoms with Crippen molar-refractivity contribution < 1.29 is 19.1 Å². The van der Waals surface area contributed by atoms with E-state index >= 15 is 0 Å². The summed E-state index contributed by atoms with van der Waals surface area (Å²) in [7, 11) is 2.96. The lowest BCUT2D eigenvalue weighted by atomic mass is 10.1. The van der Waals surface area contributed by atoms with Gasteiger partial charge < -0.3 is 20.1 Å². The van der Waals surface area contributed by atoms with E-state index in [-0.39, 0.29) is 17.9 Å². The quantitative estimate of drug-likeness (QED) is 0.880. The number of hydrogen-bond donors (Lipinski definition) is 2. The van der Waals surface area contributed by atoms with Crippen molar-refractivity contribution in [2.75, 3.05) is 20.8 Å². The van der Waals surface area contributed by atoms with Crippen LogP contribution in [0.3, 0.4) is 0 Å². The highest BCUT2D eigenvalue weighted by Crippen LogP contribution is 2.35. The SMILES string of the molecule is COc1cc(C(=O)NC2CCC(=O)NC2)cc(Cl)c1OC. The van der Waals surface area contributed by atoms with Crippen molar-refractivity contribution in [2.45, 2.75) is 18.9 Å². The molecular formula is C14H17ClN2O4. The number of benzene rings is 1. The molecule has 6 nitrogen and oxygen atoms in total. The number of ether oxygens (including phenoxy) is 2. The van der Waals surface area contributed by atoms with Gasteiger partial charge in [-0.3, -0.25) is 9.59 Å². The number of carbonyl (C=O) groups excluding carboxylic acids is 2. The third-order valence-corrected chi connectivity index (χ3v) is 3.58. The van der Waals surface area contributed by atoms with Crippen molar-refractivity contribution in [3.05, 3.63) is 22.7 Å². The summed E-state index contributed by atoms with van der Waals surface area (Å²) < 4.78 is 10.3. The maximum absolute atomic E-state index is 12.2. The Bertz CT molecular complexity index is 552.